The molecule has 5 heteroatoms. The maximum atomic E-state index is 12.3. The van der Waals surface area contributed by atoms with Crippen LogP contribution in [0.5, 0.6) is 0 Å². The zero-order valence-electron chi connectivity index (χ0n) is 8.37. The predicted octanol–water partition coefficient (Wildman–Crippen LogP) is -0.191. The van der Waals surface area contributed by atoms with E-state index in [1.165, 1.54) is 0 Å². The van der Waals surface area contributed by atoms with Gasteiger partial charge in [-0.25, -0.2) is 4.39 Å². The van der Waals surface area contributed by atoms with Crippen LogP contribution in [0.25, 0.3) is 0 Å². The molecule has 0 aromatic carbocycles. The van der Waals surface area contributed by atoms with Crippen LogP contribution in [0.3, 0.4) is 0 Å². The van der Waals surface area contributed by atoms with Crippen molar-refractivity contribution in [2.24, 2.45) is 0 Å². The van der Waals surface area contributed by atoms with E-state index in [-0.39, 0.29) is 18.2 Å². The van der Waals surface area contributed by atoms with Crippen molar-refractivity contribution >= 4 is 0 Å². The highest BCUT2D eigenvalue weighted by Gasteiger charge is 2.50. The molecule has 14 heavy (non-hydrogen) atoms. The highest BCUT2D eigenvalue weighted by molar-refractivity contribution is 5.00. The molecule has 2 saturated heterocycles. The summed E-state index contributed by atoms with van der Waals surface area (Å²) >= 11 is 0. The second kappa shape index (κ2) is 3.41. The fourth-order valence-electron chi connectivity index (χ4n) is 2.14. The average molecular weight is 205 g/mol. The van der Waals surface area contributed by atoms with E-state index in [2.05, 4.69) is 5.32 Å². The van der Waals surface area contributed by atoms with Crippen LogP contribution in [0, 0.1) is 0 Å². The van der Waals surface area contributed by atoms with E-state index in [0.29, 0.717) is 6.54 Å². The SMILES string of the molecule is CC1(C)O[C@H]2[C@@H]([C@H](O)CF)NC[C@H]2O1. The molecule has 2 fully saturated rings. The van der Waals surface area contributed by atoms with Gasteiger partial charge in [-0.15, -0.1) is 0 Å². The second-order valence-electron chi connectivity index (χ2n) is 4.29. The molecule has 82 valence electrons. The zero-order chi connectivity index (χ0) is 10.3. The maximum Gasteiger partial charge on any atom is 0.163 e. The van der Waals surface area contributed by atoms with E-state index in [4.69, 9.17) is 9.47 Å². The van der Waals surface area contributed by atoms with Gasteiger partial charge < -0.3 is 19.9 Å². The molecule has 0 aliphatic carbocycles. The first kappa shape index (κ1) is 10.3. The van der Waals surface area contributed by atoms with Crippen molar-refractivity contribution < 1.29 is 19.0 Å². The Bertz CT molecular complexity index is 224. The number of halogens is 1. The number of rotatable bonds is 2. The van der Waals surface area contributed by atoms with Crippen molar-refractivity contribution in [3.63, 3.8) is 0 Å². The van der Waals surface area contributed by atoms with Crippen molar-refractivity contribution in [2.75, 3.05) is 13.2 Å². The first-order valence-corrected chi connectivity index (χ1v) is 4.86. The van der Waals surface area contributed by atoms with Gasteiger partial charge in [-0.3, -0.25) is 0 Å². The number of aliphatic hydroxyl groups excluding tert-OH is 1. The number of aliphatic hydroxyl groups is 1. The first-order chi connectivity index (χ1) is 6.53. The largest absolute Gasteiger partial charge is 0.389 e. The van der Waals surface area contributed by atoms with E-state index < -0.39 is 18.6 Å². The lowest BCUT2D eigenvalue weighted by Crippen LogP contribution is -2.45. The van der Waals surface area contributed by atoms with Crippen molar-refractivity contribution in [1.29, 1.82) is 0 Å². The third-order valence-corrected chi connectivity index (χ3v) is 2.70. The molecule has 0 radical (unpaired) electrons. The second-order valence-corrected chi connectivity index (χ2v) is 4.29. The molecule has 0 aromatic rings. The van der Waals surface area contributed by atoms with Crippen LogP contribution in [0.1, 0.15) is 13.8 Å². The molecule has 4 nitrogen and oxygen atoms in total. The smallest absolute Gasteiger partial charge is 0.163 e. The van der Waals surface area contributed by atoms with Crippen LogP contribution in [0.2, 0.25) is 0 Å². The minimum atomic E-state index is -1.01. The standard InChI is InChI=1S/C9H16FNO3/c1-9(2)13-6-4-11-7(5(12)3-10)8(6)14-9/h5-8,11-12H,3-4H2,1-2H3/t5-,6-,7-,8-/m1/s1. The molecule has 2 aliphatic rings. The van der Waals surface area contributed by atoms with Crippen molar-refractivity contribution in [1.82, 2.24) is 5.32 Å². The highest BCUT2D eigenvalue weighted by atomic mass is 19.1. The Morgan fingerprint density at radius 3 is 2.93 bits per heavy atom. The Balaban J connectivity index is 2.04. The van der Waals surface area contributed by atoms with Gasteiger partial charge in [0.1, 0.15) is 25.0 Å². The van der Waals surface area contributed by atoms with Gasteiger partial charge in [-0.1, -0.05) is 0 Å². The van der Waals surface area contributed by atoms with Crippen LogP contribution in [0.4, 0.5) is 4.39 Å². The fourth-order valence-corrected chi connectivity index (χ4v) is 2.14. The molecule has 0 bridgehead atoms. The summed E-state index contributed by atoms with van der Waals surface area (Å²) in [5.74, 6) is -0.619. The lowest BCUT2D eigenvalue weighted by Gasteiger charge is -2.24. The summed E-state index contributed by atoms with van der Waals surface area (Å²) in [6.07, 6.45) is -1.32. The molecular formula is C9H16FNO3. The number of alkyl halides is 1. The minimum absolute atomic E-state index is 0.0730. The lowest BCUT2D eigenvalue weighted by atomic mass is 10.1. The number of fused-ring (bicyclic) bond motifs is 1. The molecule has 0 aromatic heterocycles. The molecule has 2 rings (SSSR count). The van der Waals surface area contributed by atoms with Crippen LogP contribution in [-0.2, 0) is 9.47 Å². The average Bonchev–Trinajstić information content (AvgIpc) is 2.58. The zero-order valence-corrected chi connectivity index (χ0v) is 8.37. The summed E-state index contributed by atoms with van der Waals surface area (Å²) in [6, 6.07) is -0.355. The normalized spacial score (nSPS) is 42.4. The molecule has 2 N–H and O–H groups in total. The lowest BCUT2D eigenvalue weighted by molar-refractivity contribution is -0.156. The van der Waals surface area contributed by atoms with Crippen LogP contribution >= 0.6 is 0 Å². The Labute approximate surface area is 82.4 Å². The van der Waals surface area contributed by atoms with Gasteiger partial charge in [0, 0.05) is 6.54 Å². The molecule has 0 saturated carbocycles. The molecule has 2 heterocycles. The molecule has 0 amide bonds. The summed E-state index contributed by atoms with van der Waals surface area (Å²) in [5, 5.41) is 12.4. The maximum absolute atomic E-state index is 12.3. The summed E-state index contributed by atoms with van der Waals surface area (Å²) in [4.78, 5) is 0. The molecule has 2 aliphatic heterocycles. The summed E-state index contributed by atoms with van der Waals surface area (Å²) in [7, 11) is 0. The fraction of sp³-hybridized carbons (Fsp3) is 1.00. The summed E-state index contributed by atoms with van der Waals surface area (Å²) < 4.78 is 23.5. The van der Waals surface area contributed by atoms with Gasteiger partial charge in [0.2, 0.25) is 0 Å². The Hall–Kier alpha value is -0.230. The first-order valence-electron chi connectivity index (χ1n) is 4.86. The van der Waals surface area contributed by atoms with Crippen molar-refractivity contribution in [2.45, 2.75) is 44.0 Å². The molecule has 4 atom stereocenters. The van der Waals surface area contributed by atoms with E-state index >= 15 is 0 Å². The Kier molecular flexibility index (Phi) is 2.51. The van der Waals surface area contributed by atoms with Crippen LogP contribution < -0.4 is 5.32 Å². The summed E-state index contributed by atoms with van der Waals surface area (Å²) in [6.45, 7) is 3.49. The number of hydrogen-bond acceptors (Lipinski definition) is 4. The Morgan fingerprint density at radius 2 is 2.29 bits per heavy atom. The van der Waals surface area contributed by atoms with Crippen LogP contribution in [-0.4, -0.2) is 48.5 Å². The Morgan fingerprint density at radius 1 is 1.57 bits per heavy atom. The third kappa shape index (κ3) is 1.65. The van der Waals surface area contributed by atoms with Gasteiger partial charge in [0.25, 0.3) is 0 Å². The monoisotopic (exact) mass is 205 g/mol. The third-order valence-electron chi connectivity index (χ3n) is 2.70. The highest BCUT2D eigenvalue weighted by Crippen LogP contribution is 2.33. The van der Waals surface area contributed by atoms with Gasteiger partial charge in [0.05, 0.1) is 6.04 Å². The van der Waals surface area contributed by atoms with Gasteiger partial charge in [-0.2, -0.15) is 0 Å². The summed E-state index contributed by atoms with van der Waals surface area (Å²) in [5.41, 5.74) is 0. The topological polar surface area (TPSA) is 50.7 Å². The quantitative estimate of drug-likeness (QED) is 0.656. The van der Waals surface area contributed by atoms with Crippen LogP contribution in [0.15, 0.2) is 0 Å². The predicted molar refractivity (Wildman–Crippen MR) is 47.6 cm³/mol. The number of hydrogen-bond donors (Lipinski definition) is 2. The van der Waals surface area contributed by atoms with E-state index in [9.17, 15) is 9.50 Å². The van der Waals surface area contributed by atoms with Gasteiger partial charge in [0.15, 0.2) is 5.79 Å². The van der Waals surface area contributed by atoms with E-state index in [1.54, 1.807) is 0 Å². The minimum Gasteiger partial charge on any atom is -0.389 e. The molecular weight excluding hydrogens is 189 g/mol. The molecule has 0 spiro atoms. The molecule has 0 unspecified atom stereocenters. The van der Waals surface area contributed by atoms with Crippen molar-refractivity contribution in [3.05, 3.63) is 0 Å². The van der Waals surface area contributed by atoms with E-state index in [1.807, 2.05) is 13.8 Å². The van der Waals surface area contributed by atoms with E-state index in [0.717, 1.165) is 0 Å². The van der Waals surface area contributed by atoms with Crippen molar-refractivity contribution in [3.8, 4) is 0 Å². The number of ether oxygens (including phenoxy) is 2. The number of nitrogens with one attached hydrogen (secondary N) is 1. The van der Waals surface area contributed by atoms with Gasteiger partial charge >= 0.3 is 0 Å². The van der Waals surface area contributed by atoms with Gasteiger partial charge in [-0.05, 0) is 13.8 Å².